The van der Waals surface area contributed by atoms with E-state index in [1.165, 1.54) is 0 Å². The molecule has 0 amide bonds. The predicted molar refractivity (Wildman–Crippen MR) is 70.1 cm³/mol. The molecule has 6 heteroatoms. The van der Waals surface area contributed by atoms with E-state index < -0.39 is 0 Å². The highest BCUT2D eigenvalue weighted by Gasteiger charge is 2.28. The van der Waals surface area contributed by atoms with Gasteiger partial charge in [0.2, 0.25) is 5.89 Å². The molecule has 1 fully saturated rings. The van der Waals surface area contributed by atoms with Crippen molar-refractivity contribution < 1.29 is 4.52 Å². The molecule has 94 valence electrons. The maximum atomic E-state index is 6.04. The molecule has 0 bridgehead atoms. The Hall–Kier alpha value is -1.26. The number of aromatic nitrogens is 2. The van der Waals surface area contributed by atoms with Gasteiger partial charge in [0.25, 0.3) is 0 Å². The standard InChI is InChI=1S/C12H11Cl2N3O/c13-8-3-4-9(14)10(5-8)15-6-11-16-12(17-18-11)7-1-2-7/h3-5,7,15H,1-2,6H2. The van der Waals surface area contributed by atoms with Gasteiger partial charge in [-0.3, -0.25) is 0 Å². The molecule has 2 aromatic rings. The van der Waals surface area contributed by atoms with Crippen LogP contribution in [-0.2, 0) is 6.54 Å². The number of nitrogens with zero attached hydrogens (tertiary/aromatic N) is 2. The molecule has 4 nitrogen and oxygen atoms in total. The molecule has 0 atom stereocenters. The van der Waals surface area contributed by atoms with Gasteiger partial charge in [-0.1, -0.05) is 28.4 Å². The number of hydrogen-bond donors (Lipinski definition) is 1. The minimum absolute atomic E-state index is 0.444. The number of anilines is 1. The fourth-order valence-electron chi connectivity index (χ4n) is 1.65. The molecule has 0 aliphatic heterocycles. The first-order chi connectivity index (χ1) is 8.72. The minimum Gasteiger partial charge on any atom is -0.375 e. The monoisotopic (exact) mass is 283 g/mol. The Bertz CT molecular complexity index is 566. The summed E-state index contributed by atoms with van der Waals surface area (Å²) in [6.45, 7) is 0.444. The Balaban J connectivity index is 1.67. The van der Waals surface area contributed by atoms with Crippen LogP contribution in [0.25, 0.3) is 0 Å². The van der Waals surface area contributed by atoms with E-state index in [1.54, 1.807) is 18.2 Å². The van der Waals surface area contributed by atoms with Crippen LogP contribution in [0.5, 0.6) is 0 Å². The molecule has 0 spiro atoms. The molecule has 1 N–H and O–H groups in total. The quantitative estimate of drug-likeness (QED) is 0.926. The largest absolute Gasteiger partial charge is 0.375 e. The summed E-state index contributed by atoms with van der Waals surface area (Å²) in [7, 11) is 0. The van der Waals surface area contributed by atoms with Crippen LogP contribution in [-0.4, -0.2) is 10.1 Å². The number of hydrogen-bond acceptors (Lipinski definition) is 4. The lowest BCUT2D eigenvalue weighted by Gasteiger charge is -2.05. The molecule has 18 heavy (non-hydrogen) atoms. The summed E-state index contributed by atoms with van der Waals surface area (Å²) in [5, 5.41) is 8.32. The third-order valence-corrected chi connectivity index (χ3v) is 3.35. The predicted octanol–water partition coefficient (Wildman–Crippen LogP) is 3.87. The van der Waals surface area contributed by atoms with E-state index in [9.17, 15) is 0 Å². The molecule has 0 radical (unpaired) electrons. The molecule has 3 rings (SSSR count). The Kier molecular flexibility index (Phi) is 3.14. The normalized spacial score (nSPS) is 14.8. The topological polar surface area (TPSA) is 51.0 Å². The van der Waals surface area contributed by atoms with Gasteiger partial charge >= 0.3 is 0 Å². The van der Waals surface area contributed by atoms with Crippen molar-refractivity contribution in [3.63, 3.8) is 0 Å². The highest BCUT2D eigenvalue weighted by Crippen LogP contribution is 2.38. The van der Waals surface area contributed by atoms with Crippen molar-refractivity contribution in [3.05, 3.63) is 40.0 Å². The third kappa shape index (κ3) is 2.60. The molecular formula is C12H11Cl2N3O. The van der Waals surface area contributed by atoms with Crippen LogP contribution in [0.15, 0.2) is 22.7 Å². The van der Waals surface area contributed by atoms with Crippen molar-refractivity contribution in [1.29, 1.82) is 0 Å². The lowest BCUT2D eigenvalue weighted by Crippen LogP contribution is -2.00. The molecule has 1 aromatic carbocycles. The third-order valence-electron chi connectivity index (χ3n) is 2.78. The lowest BCUT2D eigenvalue weighted by atomic mass is 10.3. The van der Waals surface area contributed by atoms with Crippen LogP contribution in [0.1, 0.15) is 30.5 Å². The van der Waals surface area contributed by atoms with Gasteiger partial charge in [0, 0.05) is 10.9 Å². The van der Waals surface area contributed by atoms with Gasteiger partial charge in [0.15, 0.2) is 5.82 Å². The van der Waals surface area contributed by atoms with Crippen molar-refractivity contribution >= 4 is 28.9 Å². The first-order valence-corrected chi connectivity index (χ1v) is 6.49. The summed E-state index contributed by atoms with van der Waals surface area (Å²) in [5.41, 5.74) is 0.760. The van der Waals surface area contributed by atoms with E-state index in [2.05, 4.69) is 15.5 Å². The summed E-state index contributed by atoms with van der Waals surface area (Å²) in [4.78, 5) is 4.32. The Morgan fingerprint density at radius 1 is 1.33 bits per heavy atom. The van der Waals surface area contributed by atoms with Crippen LogP contribution in [0.3, 0.4) is 0 Å². The number of nitrogens with one attached hydrogen (secondary N) is 1. The summed E-state index contributed by atoms with van der Waals surface area (Å²) in [6, 6.07) is 5.25. The zero-order valence-electron chi connectivity index (χ0n) is 9.49. The van der Waals surface area contributed by atoms with Crippen LogP contribution in [0, 0.1) is 0 Å². The van der Waals surface area contributed by atoms with Crippen molar-refractivity contribution in [2.24, 2.45) is 0 Å². The summed E-state index contributed by atoms with van der Waals surface area (Å²) in [5.74, 6) is 1.87. The van der Waals surface area contributed by atoms with Crippen LogP contribution in [0.2, 0.25) is 10.0 Å². The Morgan fingerprint density at radius 2 is 2.17 bits per heavy atom. The second kappa shape index (κ2) is 4.78. The zero-order chi connectivity index (χ0) is 12.5. The summed E-state index contributed by atoms with van der Waals surface area (Å²) in [6.07, 6.45) is 2.32. The van der Waals surface area contributed by atoms with E-state index in [1.807, 2.05) is 0 Å². The minimum atomic E-state index is 0.444. The summed E-state index contributed by atoms with van der Waals surface area (Å²) < 4.78 is 5.16. The fraction of sp³-hybridized carbons (Fsp3) is 0.333. The number of halogens is 2. The second-order valence-electron chi connectivity index (χ2n) is 4.30. The van der Waals surface area contributed by atoms with Gasteiger partial charge in [-0.15, -0.1) is 0 Å². The second-order valence-corrected chi connectivity index (χ2v) is 5.14. The van der Waals surface area contributed by atoms with Gasteiger partial charge in [0.1, 0.15) is 0 Å². The molecule has 0 saturated heterocycles. The highest BCUT2D eigenvalue weighted by molar-refractivity contribution is 6.35. The average molecular weight is 284 g/mol. The zero-order valence-corrected chi connectivity index (χ0v) is 11.0. The molecule has 0 unspecified atom stereocenters. The van der Waals surface area contributed by atoms with Crippen molar-refractivity contribution in [1.82, 2.24) is 10.1 Å². The molecule has 1 aromatic heterocycles. The van der Waals surface area contributed by atoms with Gasteiger partial charge in [0.05, 0.1) is 17.3 Å². The molecule has 1 saturated carbocycles. The van der Waals surface area contributed by atoms with Gasteiger partial charge in [-0.25, -0.2) is 0 Å². The summed E-state index contributed by atoms with van der Waals surface area (Å²) >= 11 is 11.9. The molecule has 1 heterocycles. The fourth-order valence-corrected chi connectivity index (χ4v) is 2.01. The lowest BCUT2D eigenvalue weighted by molar-refractivity contribution is 0.378. The molecule has 1 aliphatic carbocycles. The average Bonchev–Trinajstić information content (AvgIpc) is 3.10. The van der Waals surface area contributed by atoms with E-state index in [-0.39, 0.29) is 0 Å². The van der Waals surface area contributed by atoms with Gasteiger partial charge in [-0.2, -0.15) is 4.98 Å². The van der Waals surface area contributed by atoms with Gasteiger partial charge < -0.3 is 9.84 Å². The smallest absolute Gasteiger partial charge is 0.245 e. The first kappa shape index (κ1) is 11.8. The van der Waals surface area contributed by atoms with Crippen LogP contribution < -0.4 is 5.32 Å². The Morgan fingerprint density at radius 3 is 2.94 bits per heavy atom. The SMILES string of the molecule is Clc1ccc(Cl)c(NCc2nc(C3CC3)no2)c1. The van der Waals surface area contributed by atoms with E-state index in [4.69, 9.17) is 27.7 Å². The van der Waals surface area contributed by atoms with Crippen molar-refractivity contribution in [2.45, 2.75) is 25.3 Å². The maximum Gasteiger partial charge on any atom is 0.245 e. The molecule has 1 aliphatic rings. The first-order valence-electron chi connectivity index (χ1n) is 5.74. The molecular weight excluding hydrogens is 273 g/mol. The maximum absolute atomic E-state index is 6.04. The van der Waals surface area contributed by atoms with E-state index in [0.29, 0.717) is 28.4 Å². The number of benzene rings is 1. The van der Waals surface area contributed by atoms with Crippen molar-refractivity contribution in [2.75, 3.05) is 5.32 Å². The Labute approximate surface area is 114 Å². The van der Waals surface area contributed by atoms with Gasteiger partial charge in [-0.05, 0) is 31.0 Å². The number of rotatable bonds is 4. The van der Waals surface area contributed by atoms with Crippen molar-refractivity contribution in [3.8, 4) is 0 Å². The van der Waals surface area contributed by atoms with Crippen LogP contribution in [0.4, 0.5) is 5.69 Å². The van der Waals surface area contributed by atoms with Crippen LogP contribution >= 0.6 is 23.2 Å². The highest BCUT2D eigenvalue weighted by atomic mass is 35.5. The van der Waals surface area contributed by atoms with E-state index >= 15 is 0 Å². The van der Waals surface area contributed by atoms with E-state index in [0.717, 1.165) is 24.4 Å².